The number of anilines is 1. The molecule has 1 fully saturated rings. The van der Waals surface area contributed by atoms with E-state index in [1.54, 1.807) is 0 Å². The lowest BCUT2D eigenvalue weighted by Gasteiger charge is -2.35. The van der Waals surface area contributed by atoms with Crippen molar-refractivity contribution in [2.24, 2.45) is 0 Å². The molecule has 1 aliphatic heterocycles. The van der Waals surface area contributed by atoms with E-state index in [0.29, 0.717) is 6.07 Å². The summed E-state index contributed by atoms with van der Waals surface area (Å²) in [6, 6.07) is 5.07. The van der Waals surface area contributed by atoms with Crippen molar-refractivity contribution in [1.82, 2.24) is 9.80 Å². The Balaban J connectivity index is 1.68. The SMILES string of the molecule is O=C1CCN(C(=O)Nc2ccc(F)c(C(F)F)c2)CN1Cc1ccc(F)cc1F. The zero-order valence-corrected chi connectivity index (χ0v) is 15.0. The largest absolute Gasteiger partial charge is 0.323 e. The molecule has 0 bridgehead atoms. The fraction of sp³-hybridized carbons (Fsp3) is 0.263. The van der Waals surface area contributed by atoms with Crippen LogP contribution in [0.1, 0.15) is 24.0 Å². The van der Waals surface area contributed by atoms with Crippen LogP contribution in [0.5, 0.6) is 0 Å². The zero-order valence-electron chi connectivity index (χ0n) is 15.0. The molecular formula is C19H16F5N3O2. The van der Waals surface area contributed by atoms with Crippen LogP contribution in [0.2, 0.25) is 0 Å². The second kappa shape index (κ2) is 8.46. The van der Waals surface area contributed by atoms with Gasteiger partial charge in [0.1, 0.15) is 17.5 Å². The van der Waals surface area contributed by atoms with Crippen LogP contribution in [-0.4, -0.2) is 35.0 Å². The molecule has 3 amide bonds. The third-order valence-corrected chi connectivity index (χ3v) is 4.44. The van der Waals surface area contributed by atoms with Gasteiger partial charge < -0.3 is 15.1 Å². The molecule has 154 valence electrons. The van der Waals surface area contributed by atoms with Crippen molar-refractivity contribution in [3.63, 3.8) is 0 Å². The third kappa shape index (κ3) is 4.82. The van der Waals surface area contributed by atoms with Crippen molar-refractivity contribution < 1.29 is 31.5 Å². The Morgan fingerprint density at radius 1 is 1.07 bits per heavy atom. The third-order valence-electron chi connectivity index (χ3n) is 4.44. The van der Waals surface area contributed by atoms with E-state index in [0.717, 1.165) is 24.3 Å². The van der Waals surface area contributed by atoms with E-state index in [1.807, 2.05) is 0 Å². The molecule has 1 N–H and O–H groups in total. The standard InChI is InChI=1S/C19H16F5N3O2/c20-12-2-1-11(16(22)7-12)9-27-10-26(6-5-17(27)28)19(29)25-13-3-4-15(21)14(8-13)18(23)24/h1-4,7-8,18H,5-6,9-10H2,(H,25,29). The van der Waals surface area contributed by atoms with Crippen LogP contribution in [0, 0.1) is 17.5 Å². The molecule has 0 unspecified atom stereocenters. The summed E-state index contributed by atoms with van der Waals surface area (Å²) in [5.41, 5.74) is -0.785. The first-order chi connectivity index (χ1) is 13.7. The highest BCUT2D eigenvalue weighted by Crippen LogP contribution is 2.25. The molecule has 5 nitrogen and oxygen atoms in total. The Hall–Kier alpha value is -3.17. The molecule has 0 atom stereocenters. The van der Waals surface area contributed by atoms with E-state index in [2.05, 4.69) is 5.32 Å². The summed E-state index contributed by atoms with van der Waals surface area (Å²) < 4.78 is 65.8. The predicted octanol–water partition coefficient (Wildman–Crippen LogP) is 4.27. The van der Waals surface area contributed by atoms with E-state index in [9.17, 15) is 31.5 Å². The Bertz CT molecular complexity index is 938. The van der Waals surface area contributed by atoms with E-state index >= 15 is 0 Å². The van der Waals surface area contributed by atoms with Crippen LogP contribution in [0.3, 0.4) is 0 Å². The summed E-state index contributed by atoms with van der Waals surface area (Å²) in [6.45, 7) is -0.277. The number of urea groups is 1. The minimum Gasteiger partial charge on any atom is -0.320 e. The summed E-state index contributed by atoms with van der Waals surface area (Å²) in [4.78, 5) is 27.0. The molecule has 0 aliphatic carbocycles. The molecule has 0 aromatic heterocycles. The Kier molecular flexibility index (Phi) is 6.00. The van der Waals surface area contributed by atoms with Crippen LogP contribution in [0.25, 0.3) is 0 Å². The van der Waals surface area contributed by atoms with Gasteiger partial charge in [0, 0.05) is 30.3 Å². The number of alkyl halides is 2. The van der Waals surface area contributed by atoms with Crippen LogP contribution in [0.15, 0.2) is 36.4 Å². The van der Waals surface area contributed by atoms with E-state index < -0.39 is 35.5 Å². The van der Waals surface area contributed by atoms with Gasteiger partial charge in [0.25, 0.3) is 6.43 Å². The van der Waals surface area contributed by atoms with Gasteiger partial charge in [-0.3, -0.25) is 4.79 Å². The minimum atomic E-state index is -3.04. The van der Waals surface area contributed by atoms with Gasteiger partial charge in [0.15, 0.2) is 0 Å². The number of benzene rings is 2. The highest BCUT2D eigenvalue weighted by molar-refractivity contribution is 5.90. The number of carbonyl (C=O) groups excluding carboxylic acids is 2. The molecule has 3 rings (SSSR count). The van der Waals surface area contributed by atoms with Gasteiger partial charge in [-0.2, -0.15) is 0 Å². The number of halogens is 5. The number of nitrogens with one attached hydrogen (secondary N) is 1. The summed E-state index contributed by atoms with van der Waals surface area (Å²) in [5.74, 6) is -2.97. The minimum absolute atomic E-state index is 0.0259. The first-order valence-electron chi connectivity index (χ1n) is 8.60. The van der Waals surface area contributed by atoms with Crippen LogP contribution in [0.4, 0.5) is 32.4 Å². The molecule has 0 saturated carbocycles. The van der Waals surface area contributed by atoms with Gasteiger partial charge in [-0.25, -0.2) is 26.7 Å². The smallest absolute Gasteiger partial charge is 0.320 e. The maximum absolute atomic E-state index is 13.8. The fourth-order valence-electron chi connectivity index (χ4n) is 2.90. The van der Waals surface area contributed by atoms with Crippen molar-refractivity contribution in [3.05, 3.63) is 65.0 Å². The zero-order chi connectivity index (χ0) is 21.1. The van der Waals surface area contributed by atoms with Gasteiger partial charge >= 0.3 is 6.03 Å². The van der Waals surface area contributed by atoms with Gasteiger partial charge in [-0.15, -0.1) is 0 Å². The number of hydrogen-bond donors (Lipinski definition) is 1. The molecule has 1 saturated heterocycles. The van der Waals surface area contributed by atoms with Crippen LogP contribution >= 0.6 is 0 Å². The Labute approximate surface area is 162 Å². The Morgan fingerprint density at radius 3 is 2.52 bits per heavy atom. The van der Waals surface area contributed by atoms with Crippen molar-refractivity contribution in [3.8, 4) is 0 Å². The molecule has 2 aromatic carbocycles. The fourth-order valence-corrected chi connectivity index (χ4v) is 2.90. The van der Waals surface area contributed by atoms with E-state index in [4.69, 9.17) is 0 Å². The normalized spacial score (nSPS) is 14.5. The summed E-state index contributed by atoms with van der Waals surface area (Å²) >= 11 is 0. The monoisotopic (exact) mass is 413 g/mol. The van der Waals surface area contributed by atoms with Crippen molar-refractivity contribution in [1.29, 1.82) is 0 Å². The molecule has 2 aromatic rings. The lowest BCUT2D eigenvalue weighted by molar-refractivity contribution is -0.137. The van der Waals surface area contributed by atoms with E-state index in [1.165, 1.54) is 15.9 Å². The van der Waals surface area contributed by atoms with E-state index in [-0.39, 0.29) is 43.3 Å². The molecule has 0 radical (unpaired) electrons. The Morgan fingerprint density at radius 2 is 1.83 bits per heavy atom. The number of carbonyl (C=O) groups is 2. The molecule has 10 heteroatoms. The highest BCUT2D eigenvalue weighted by Gasteiger charge is 2.28. The van der Waals surface area contributed by atoms with Crippen LogP contribution < -0.4 is 5.32 Å². The topological polar surface area (TPSA) is 52.7 Å². The van der Waals surface area contributed by atoms with Gasteiger partial charge in [-0.1, -0.05) is 6.07 Å². The lowest BCUT2D eigenvalue weighted by atomic mass is 10.1. The number of rotatable bonds is 4. The van der Waals surface area contributed by atoms with Crippen LogP contribution in [-0.2, 0) is 11.3 Å². The first-order valence-corrected chi connectivity index (χ1v) is 8.60. The number of hydrogen-bond acceptors (Lipinski definition) is 2. The maximum Gasteiger partial charge on any atom is 0.323 e. The predicted molar refractivity (Wildman–Crippen MR) is 93.5 cm³/mol. The molecule has 1 heterocycles. The summed E-state index contributed by atoms with van der Waals surface area (Å²) in [6.07, 6.45) is -3.07. The first kappa shape index (κ1) is 20.6. The lowest BCUT2D eigenvalue weighted by Crippen LogP contribution is -2.51. The second-order valence-electron chi connectivity index (χ2n) is 6.45. The second-order valence-corrected chi connectivity index (χ2v) is 6.45. The summed E-state index contributed by atoms with van der Waals surface area (Å²) in [7, 11) is 0. The quantitative estimate of drug-likeness (QED) is 0.762. The number of nitrogens with zero attached hydrogens (tertiary/aromatic N) is 2. The molecule has 0 spiro atoms. The molecular weight excluding hydrogens is 397 g/mol. The molecule has 29 heavy (non-hydrogen) atoms. The average molecular weight is 413 g/mol. The van der Waals surface area contributed by atoms with Gasteiger partial charge in [-0.05, 0) is 24.3 Å². The van der Waals surface area contributed by atoms with Crippen molar-refractivity contribution in [2.45, 2.75) is 19.4 Å². The molecule has 1 aliphatic rings. The highest BCUT2D eigenvalue weighted by atomic mass is 19.3. The number of amides is 3. The maximum atomic E-state index is 13.8. The van der Waals surface area contributed by atoms with Crippen molar-refractivity contribution >= 4 is 17.6 Å². The average Bonchev–Trinajstić information content (AvgIpc) is 2.66. The van der Waals surface area contributed by atoms with Gasteiger partial charge in [0.2, 0.25) is 5.91 Å². The van der Waals surface area contributed by atoms with Gasteiger partial charge in [0.05, 0.1) is 18.8 Å². The van der Waals surface area contributed by atoms with Crippen molar-refractivity contribution in [2.75, 3.05) is 18.5 Å². The summed E-state index contributed by atoms with van der Waals surface area (Å²) in [5, 5.41) is 2.38.